The molecule has 0 unspecified atom stereocenters. The van der Waals surface area contributed by atoms with Crippen molar-refractivity contribution in [2.75, 3.05) is 7.11 Å². The molecule has 0 atom stereocenters. The number of aryl methyl sites for hydroxylation is 1. The van der Waals surface area contributed by atoms with Crippen LogP contribution in [0.4, 0.5) is 5.69 Å². The lowest BCUT2D eigenvalue weighted by atomic mass is 10.3. The number of hydrogen-bond acceptors (Lipinski definition) is 4. The maximum absolute atomic E-state index is 10.3. The van der Waals surface area contributed by atoms with Gasteiger partial charge in [0.1, 0.15) is 11.9 Å². The molecule has 0 spiro atoms. The third kappa shape index (κ3) is 1.50. The average Bonchev–Trinajstić information content (AvgIpc) is 2.05. The van der Waals surface area contributed by atoms with E-state index in [1.807, 2.05) is 0 Å². The van der Waals surface area contributed by atoms with Crippen LogP contribution in [-0.4, -0.2) is 17.0 Å². The van der Waals surface area contributed by atoms with Crippen LogP contribution in [-0.2, 0) is 0 Å². The fourth-order valence-corrected chi connectivity index (χ4v) is 0.809. The maximum atomic E-state index is 10.3. The van der Waals surface area contributed by atoms with Crippen LogP contribution in [0.1, 0.15) is 5.69 Å². The Morgan fingerprint density at radius 2 is 2.33 bits per heavy atom. The summed E-state index contributed by atoms with van der Waals surface area (Å²) in [5.74, 6) is 0.434. The average molecular weight is 168 g/mol. The number of rotatable bonds is 2. The molecule has 0 saturated heterocycles. The lowest BCUT2D eigenvalue weighted by molar-refractivity contribution is -0.385. The van der Waals surface area contributed by atoms with E-state index in [1.54, 1.807) is 6.92 Å². The second-order valence-electron chi connectivity index (χ2n) is 2.24. The van der Waals surface area contributed by atoms with Crippen molar-refractivity contribution in [3.63, 3.8) is 0 Å². The molecule has 1 rings (SSSR count). The Bertz CT molecular complexity index is 312. The van der Waals surface area contributed by atoms with Gasteiger partial charge in [-0.15, -0.1) is 0 Å². The summed E-state index contributed by atoms with van der Waals surface area (Å²) in [7, 11) is 1.45. The summed E-state index contributed by atoms with van der Waals surface area (Å²) in [6, 6.07) is 1.35. The van der Waals surface area contributed by atoms with Crippen molar-refractivity contribution in [3.8, 4) is 5.75 Å². The molecule has 0 aliphatic carbocycles. The second-order valence-corrected chi connectivity index (χ2v) is 2.24. The molecule has 0 aromatic carbocycles. The Morgan fingerprint density at radius 1 is 1.67 bits per heavy atom. The van der Waals surface area contributed by atoms with Crippen LogP contribution >= 0.6 is 0 Å². The van der Waals surface area contributed by atoms with Gasteiger partial charge in [-0.25, -0.2) is 0 Å². The molecule has 0 radical (unpaired) electrons. The van der Waals surface area contributed by atoms with Crippen molar-refractivity contribution in [1.82, 2.24) is 4.98 Å². The van der Waals surface area contributed by atoms with E-state index in [1.165, 1.54) is 19.4 Å². The van der Waals surface area contributed by atoms with Crippen LogP contribution in [0, 0.1) is 17.0 Å². The van der Waals surface area contributed by atoms with Crippen molar-refractivity contribution >= 4 is 5.69 Å². The largest absolute Gasteiger partial charge is 0.495 e. The SMILES string of the molecule is COc1cc([N+](=O)[O-])cnc1C. The Labute approximate surface area is 69.1 Å². The normalized spacial score (nSPS) is 9.50. The molecular weight excluding hydrogens is 160 g/mol. The summed E-state index contributed by atoms with van der Waals surface area (Å²) >= 11 is 0. The Hall–Kier alpha value is -1.65. The molecule has 1 aromatic heterocycles. The zero-order valence-corrected chi connectivity index (χ0v) is 6.77. The summed E-state index contributed by atoms with van der Waals surface area (Å²) in [4.78, 5) is 13.6. The molecule has 0 saturated carbocycles. The highest BCUT2D eigenvalue weighted by Gasteiger charge is 2.09. The highest BCUT2D eigenvalue weighted by molar-refractivity contribution is 5.38. The van der Waals surface area contributed by atoms with Gasteiger partial charge in [0.05, 0.1) is 23.8 Å². The highest BCUT2D eigenvalue weighted by Crippen LogP contribution is 2.20. The zero-order chi connectivity index (χ0) is 9.14. The number of nitrogens with zero attached hydrogens (tertiary/aromatic N) is 2. The fraction of sp³-hybridized carbons (Fsp3) is 0.286. The van der Waals surface area contributed by atoms with E-state index in [0.29, 0.717) is 11.4 Å². The molecule has 64 valence electrons. The minimum absolute atomic E-state index is 0.0579. The lowest BCUT2D eigenvalue weighted by Gasteiger charge is -2.01. The van der Waals surface area contributed by atoms with E-state index in [2.05, 4.69) is 4.98 Å². The van der Waals surface area contributed by atoms with Crippen molar-refractivity contribution < 1.29 is 9.66 Å². The molecule has 0 fully saturated rings. The van der Waals surface area contributed by atoms with Crippen LogP contribution < -0.4 is 4.74 Å². The van der Waals surface area contributed by atoms with E-state index >= 15 is 0 Å². The molecule has 0 amide bonds. The molecule has 5 nitrogen and oxygen atoms in total. The first kappa shape index (κ1) is 8.45. The molecule has 1 aromatic rings. The van der Waals surface area contributed by atoms with Gasteiger partial charge in [0.15, 0.2) is 0 Å². The Kier molecular flexibility index (Phi) is 2.23. The summed E-state index contributed by atoms with van der Waals surface area (Å²) < 4.78 is 4.87. The van der Waals surface area contributed by atoms with Gasteiger partial charge in [-0.2, -0.15) is 0 Å². The van der Waals surface area contributed by atoms with Crippen molar-refractivity contribution in [2.24, 2.45) is 0 Å². The molecule has 5 heteroatoms. The minimum Gasteiger partial charge on any atom is -0.495 e. The van der Waals surface area contributed by atoms with Gasteiger partial charge in [0.2, 0.25) is 0 Å². The minimum atomic E-state index is -0.505. The molecule has 0 aliphatic heterocycles. The van der Waals surface area contributed by atoms with E-state index in [9.17, 15) is 10.1 Å². The first-order valence-corrected chi connectivity index (χ1v) is 3.30. The predicted octanol–water partition coefficient (Wildman–Crippen LogP) is 1.31. The fourth-order valence-electron chi connectivity index (χ4n) is 0.809. The molecule has 0 N–H and O–H groups in total. The number of nitro groups is 1. The third-order valence-electron chi connectivity index (χ3n) is 1.46. The molecular formula is C7H8N2O3. The maximum Gasteiger partial charge on any atom is 0.291 e. The summed E-state index contributed by atoms with van der Waals surface area (Å²) in [6.45, 7) is 1.72. The van der Waals surface area contributed by atoms with Crippen LogP contribution in [0.3, 0.4) is 0 Å². The van der Waals surface area contributed by atoms with E-state index in [4.69, 9.17) is 4.74 Å². The lowest BCUT2D eigenvalue weighted by Crippen LogP contribution is -1.94. The smallest absolute Gasteiger partial charge is 0.291 e. The Morgan fingerprint density at radius 3 is 2.83 bits per heavy atom. The summed E-state index contributed by atoms with van der Waals surface area (Å²) in [5.41, 5.74) is 0.584. The number of pyridine rings is 1. The van der Waals surface area contributed by atoms with Gasteiger partial charge < -0.3 is 4.74 Å². The topological polar surface area (TPSA) is 65.3 Å². The van der Waals surface area contributed by atoms with Gasteiger partial charge >= 0.3 is 0 Å². The van der Waals surface area contributed by atoms with Crippen LogP contribution in [0.2, 0.25) is 0 Å². The zero-order valence-electron chi connectivity index (χ0n) is 6.77. The van der Waals surface area contributed by atoms with Gasteiger partial charge in [0.25, 0.3) is 5.69 Å². The van der Waals surface area contributed by atoms with Crippen LogP contribution in [0.5, 0.6) is 5.75 Å². The number of methoxy groups -OCH3 is 1. The molecule has 0 aliphatic rings. The van der Waals surface area contributed by atoms with Gasteiger partial charge in [-0.05, 0) is 6.92 Å². The number of hydrogen-bond donors (Lipinski definition) is 0. The summed E-state index contributed by atoms with van der Waals surface area (Å²) in [5, 5.41) is 10.3. The van der Waals surface area contributed by atoms with Gasteiger partial charge in [0, 0.05) is 0 Å². The molecule has 12 heavy (non-hydrogen) atoms. The second kappa shape index (κ2) is 3.17. The standard InChI is InChI=1S/C7H8N2O3/c1-5-7(12-2)3-6(4-8-5)9(10)11/h3-4H,1-2H3. The molecule has 0 bridgehead atoms. The van der Waals surface area contributed by atoms with Crippen molar-refractivity contribution in [3.05, 3.63) is 28.1 Å². The summed E-state index contributed by atoms with van der Waals surface area (Å²) in [6.07, 6.45) is 1.21. The van der Waals surface area contributed by atoms with E-state index in [0.717, 1.165) is 0 Å². The first-order chi connectivity index (χ1) is 5.65. The molecule has 1 heterocycles. The third-order valence-corrected chi connectivity index (χ3v) is 1.46. The number of aromatic nitrogens is 1. The number of ether oxygens (including phenoxy) is 1. The van der Waals surface area contributed by atoms with Crippen molar-refractivity contribution in [1.29, 1.82) is 0 Å². The Balaban J connectivity index is 3.13. The van der Waals surface area contributed by atoms with E-state index in [-0.39, 0.29) is 5.69 Å². The van der Waals surface area contributed by atoms with Crippen molar-refractivity contribution in [2.45, 2.75) is 6.92 Å². The first-order valence-electron chi connectivity index (χ1n) is 3.30. The van der Waals surface area contributed by atoms with E-state index < -0.39 is 4.92 Å². The quantitative estimate of drug-likeness (QED) is 0.493. The van der Waals surface area contributed by atoms with Crippen LogP contribution in [0.25, 0.3) is 0 Å². The highest BCUT2D eigenvalue weighted by atomic mass is 16.6. The monoisotopic (exact) mass is 168 g/mol. The van der Waals surface area contributed by atoms with Gasteiger partial charge in [-0.3, -0.25) is 15.1 Å². The van der Waals surface area contributed by atoms with Crippen LogP contribution in [0.15, 0.2) is 12.3 Å². The van der Waals surface area contributed by atoms with Gasteiger partial charge in [-0.1, -0.05) is 0 Å². The predicted molar refractivity (Wildman–Crippen MR) is 42.2 cm³/mol.